The average molecular weight is 508 g/mol. The van der Waals surface area contributed by atoms with Crippen LogP contribution in [0.4, 0.5) is 17.1 Å². The van der Waals surface area contributed by atoms with Gasteiger partial charge in [-0.1, -0.05) is 23.8 Å². The normalized spacial score (nSPS) is 17.8. The number of carbonyl (C=O) groups is 1. The molecule has 0 bridgehead atoms. The molecule has 5 rings (SSSR count). The molecule has 0 spiro atoms. The van der Waals surface area contributed by atoms with E-state index in [2.05, 4.69) is 10.2 Å². The molecular weight excluding hydrogens is 478 g/mol. The van der Waals surface area contributed by atoms with Crippen LogP contribution in [0.2, 0.25) is 0 Å². The van der Waals surface area contributed by atoms with Crippen LogP contribution >= 0.6 is 0 Å². The smallest absolute Gasteiger partial charge is 0.267 e. The monoisotopic (exact) mass is 507 g/mol. The van der Waals surface area contributed by atoms with E-state index in [-0.39, 0.29) is 11.4 Å². The fraction of sp³-hybridized carbons (Fsp3) is 0.296. The maximum atomic E-state index is 13.6. The van der Waals surface area contributed by atoms with E-state index >= 15 is 0 Å². The Labute approximate surface area is 211 Å². The van der Waals surface area contributed by atoms with Crippen LogP contribution in [-0.4, -0.2) is 53.3 Å². The molecule has 0 aliphatic carbocycles. The molecule has 2 heterocycles. The molecule has 2 aliphatic rings. The highest BCUT2D eigenvalue weighted by Gasteiger charge is 2.37. The standard InChI is InChI=1S/C27H29N3O5S/c1-19-3-10-23(11-4-19)36(32,33)30-18-26(35-25-12-5-20(2)17-24(25)30)27(31)28-21-6-8-22(9-7-21)29-13-15-34-16-14-29/h3-12,17,26H,13-16,18H2,1-2H3,(H,28,31)/t26-/m1/s1. The first-order chi connectivity index (χ1) is 17.3. The number of aryl methyl sites for hydroxylation is 2. The van der Waals surface area contributed by atoms with Crippen molar-refractivity contribution < 1.29 is 22.7 Å². The fourth-order valence-electron chi connectivity index (χ4n) is 4.36. The van der Waals surface area contributed by atoms with Crippen molar-refractivity contribution in [1.29, 1.82) is 0 Å². The molecule has 0 saturated carbocycles. The van der Waals surface area contributed by atoms with E-state index in [1.165, 1.54) is 4.31 Å². The second-order valence-corrected chi connectivity index (χ2v) is 10.9. The predicted molar refractivity (Wildman–Crippen MR) is 139 cm³/mol. The number of ether oxygens (including phenoxy) is 2. The number of fused-ring (bicyclic) bond motifs is 1. The highest BCUT2D eigenvalue weighted by atomic mass is 32.2. The van der Waals surface area contributed by atoms with Crippen LogP contribution in [0, 0.1) is 13.8 Å². The van der Waals surface area contributed by atoms with Crippen molar-refractivity contribution in [3.05, 3.63) is 77.9 Å². The Hall–Kier alpha value is -3.56. The lowest BCUT2D eigenvalue weighted by molar-refractivity contribution is -0.122. The molecule has 1 fully saturated rings. The van der Waals surface area contributed by atoms with Crippen molar-refractivity contribution in [2.75, 3.05) is 47.4 Å². The topological polar surface area (TPSA) is 88.2 Å². The molecule has 1 amide bonds. The third kappa shape index (κ3) is 4.89. The van der Waals surface area contributed by atoms with Gasteiger partial charge in [-0.3, -0.25) is 9.10 Å². The van der Waals surface area contributed by atoms with Gasteiger partial charge in [0.1, 0.15) is 5.75 Å². The Balaban J connectivity index is 1.38. The number of carbonyl (C=O) groups excluding carboxylic acids is 1. The first-order valence-corrected chi connectivity index (χ1v) is 13.4. The summed E-state index contributed by atoms with van der Waals surface area (Å²) in [5.74, 6) is -0.0604. The maximum Gasteiger partial charge on any atom is 0.267 e. The van der Waals surface area contributed by atoms with Crippen LogP contribution in [0.15, 0.2) is 71.6 Å². The summed E-state index contributed by atoms with van der Waals surface area (Å²) in [5, 5.41) is 2.87. The summed E-state index contributed by atoms with van der Waals surface area (Å²) in [4.78, 5) is 15.6. The van der Waals surface area contributed by atoms with Crippen molar-refractivity contribution in [2.24, 2.45) is 0 Å². The fourth-order valence-corrected chi connectivity index (χ4v) is 5.83. The Morgan fingerprint density at radius 1 is 0.917 bits per heavy atom. The number of anilines is 3. The second-order valence-electron chi connectivity index (χ2n) is 9.06. The van der Waals surface area contributed by atoms with Gasteiger partial charge in [0.05, 0.1) is 30.3 Å². The van der Waals surface area contributed by atoms with E-state index < -0.39 is 22.0 Å². The first-order valence-electron chi connectivity index (χ1n) is 11.9. The lowest BCUT2D eigenvalue weighted by Crippen LogP contribution is -2.48. The molecule has 36 heavy (non-hydrogen) atoms. The predicted octanol–water partition coefficient (Wildman–Crippen LogP) is 3.74. The number of nitrogens with zero attached hydrogens (tertiary/aromatic N) is 2. The highest BCUT2D eigenvalue weighted by Crippen LogP contribution is 2.38. The zero-order valence-electron chi connectivity index (χ0n) is 20.3. The molecule has 3 aromatic carbocycles. The summed E-state index contributed by atoms with van der Waals surface area (Å²) in [7, 11) is -3.91. The van der Waals surface area contributed by atoms with Crippen LogP contribution in [0.5, 0.6) is 5.75 Å². The number of benzene rings is 3. The Kier molecular flexibility index (Phi) is 6.59. The zero-order valence-corrected chi connectivity index (χ0v) is 21.1. The Morgan fingerprint density at radius 3 is 2.28 bits per heavy atom. The van der Waals surface area contributed by atoms with Crippen LogP contribution in [0.1, 0.15) is 11.1 Å². The summed E-state index contributed by atoms with van der Waals surface area (Å²) in [6.07, 6.45) is -1.01. The van der Waals surface area contributed by atoms with Gasteiger partial charge in [0.2, 0.25) is 0 Å². The Morgan fingerprint density at radius 2 is 1.58 bits per heavy atom. The van der Waals surface area contributed by atoms with Gasteiger partial charge < -0.3 is 19.7 Å². The third-order valence-electron chi connectivity index (χ3n) is 6.40. The summed E-state index contributed by atoms with van der Waals surface area (Å²) in [5.41, 5.74) is 3.96. The minimum atomic E-state index is -3.91. The van der Waals surface area contributed by atoms with E-state index in [0.29, 0.717) is 30.3 Å². The average Bonchev–Trinajstić information content (AvgIpc) is 2.89. The molecule has 0 radical (unpaired) electrons. The van der Waals surface area contributed by atoms with Gasteiger partial charge in [0, 0.05) is 24.5 Å². The highest BCUT2D eigenvalue weighted by molar-refractivity contribution is 7.92. The molecule has 1 atom stereocenters. The number of rotatable bonds is 5. The number of hydrogen-bond donors (Lipinski definition) is 1. The van der Waals surface area contributed by atoms with Crippen molar-refractivity contribution in [3.8, 4) is 5.75 Å². The second kappa shape index (κ2) is 9.83. The van der Waals surface area contributed by atoms with Gasteiger partial charge in [0.25, 0.3) is 15.9 Å². The first kappa shape index (κ1) is 24.1. The summed E-state index contributed by atoms with van der Waals surface area (Å²) in [6, 6.07) is 19.6. The molecule has 0 aromatic heterocycles. The van der Waals surface area contributed by atoms with E-state index in [1.807, 2.05) is 44.2 Å². The van der Waals surface area contributed by atoms with E-state index in [0.717, 1.165) is 29.9 Å². The van der Waals surface area contributed by atoms with Gasteiger partial charge >= 0.3 is 0 Å². The molecule has 188 valence electrons. The molecular formula is C27H29N3O5S. The van der Waals surface area contributed by atoms with Crippen LogP contribution < -0.4 is 19.3 Å². The van der Waals surface area contributed by atoms with Gasteiger partial charge in [-0.15, -0.1) is 0 Å². The minimum absolute atomic E-state index is 0.135. The number of sulfonamides is 1. The molecule has 0 unspecified atom stereocenters. The van der Waals surface area contributed by atoms with Crippen LogP contribution in [0.3, 0.4) is 0 Å². The molecule has 8 nitrogen and oxygen atoms in total. The van der Waals surface area contributed by atoms with Crippen molar-refractivity contribution in [2.45, 2.75) is 24.8 Å². The van der Waals surface area contributed by atoms with Crippen molar-refractivity contribution in [1.82, 2.24) is 0 Å². The van der Waals surface area contributed by atoms with E-state index in [9.17, 15) is 13.2 Å². The minimum Gasteiger partial charge on any atom is -0.476 e. The summed E-state index contributed by atoms with van der Waals surface area (Å²) in [6.45, 7) is 6.69. The Bertz CT molecular complexity index is 1350. The molecule has 9 heteroatoms. The number of nitrogens with one attached hydrogen (secondary N) is 1. The molecule has 1 N–H and O–H groups in total. The molecule has 2 aliphatic heterocycles. The zero-order chi connectivity index (χ0) is 25.3. The van der Waals surface area contributed by atoms with E-state index in [4.69, 9.17) is 9.47 Å². The SMILES string of the molecule is Cc1ccc(S(=O)(=O)N2C[C@H](C(=O)Nc3ccc(N4CCOCC4)cc3)Oc3ccc(C)cc32)cc1. The quantitative estimate of drug-likeness (QED) is 0.566. The molecule has 1 saturated heterocycles. The largest absolute Gasteiger partial charge is 0.476 e. The maximum absolute atomic E-state index is 13.6. The lowest BCUT2D eigenvalue weighted by Gasteiger charge is -2.35. The van der Waals surface area contributed by atoms with Crippen molar-refractivity contribution in [3.63, 3.8) is 0 Å². The van der Waals surface area contributed by atoms with Gasteiger partial charge in [-0.2, -0.15) is 0 Å². The number of morpholine rings is 1. The number of amides is 1. The lowest BCUT2D eigenvalue weighted by atomic mass is 10.1. The third-order valence-corrected chi connectivity index (χ3v) is 8.19. The summed E-state index contributed by atoms with van der Waals surface area (Å²) >= 11 is 0. The van der Waals surface area contributed by atoms with Gasteiger partial charge in [0.15, 0.2) is 6.10 Å². The van der Waals surface area contributed by atoms with Crippen molar-refractivity contribution >= 4 is 33.0 Å². The van der Waals surface area contributed by atoms with Gasteiger partial charge in [-0.25, -0.2) is 8.42 Å². The molecule has 3 aromatic rings. The number of hydrogen-bond acceptors (Lipinski definition) is 6. The van der Waals surface area contributed by atoms with Crippen LogP contribution in [0.25, 0.3) is 0 Å². The van der Waals surface area contributed by atoms with E-state index in [1.54, 1.807) is 36.4 Å². The van der Waals surface area contributed by atoms with Crippen LogP contribution in [-0.2, 0) is 19.6 Å². The van der Waals surface area contributed by atoms with Gasteiger partial charge in [-0.05, 0) is 67.9 Å². The summed E-state index contributed by atoms with van der Waals surface area (Å²) < 4.78 is 39.9.